The molecule has 3 heteroatoms. The number of rotatable bonds is 36. The molecule has 0 radical (unpaired) electrons. The van der Waals surface area contributed by atoms with Crippen molar-refractivity contribution in [1.29, 1.82) is 0 Å². The highest BCUT2D eigenvalue weighted by atomic mass is 16.7. The molecule has 0 N–H and O–H groups in total. The second-order valence-electron chi connectivity index (χ2n) is 13.5. The Labute approximate surface area is 278 Å². The summed E-state index contributed by atoms with van der Waals surface area (Å²) in [6.45, 7) is 8.35. The minimum absolute atomic E-state index is 0.566. The normalized spacial score (nSPS) is 12.5. The molecule has 0 aromatic carbocycles. The lowest BCUT2D eigenvalue weighted by atomic mass is 10.1. The molecule has 0 aliphatic heterocycles. The molecule has 44 heavy (non-hydrogen) atoms. The Morgan fingerprint density at radius 3 is 0.932 bits per heavy atom. The van der Waals surface area contributed by atoms with Crippen LogP contribution in [0.25, 0.3) is 0 Å². The minimum Gasteiger partial charge on any atom is -0.337 e. The molecule has 0 aliphatic rings. The van der Waals surface area contributed by atoms with E-state index in [9.17, 15) is 0 Å². The molecule has 0 saturated carbocycles. The third kappa shape index (κ3) is 28.8. The van der Waals surface area contributed by atoms with Gasteiger partial charge in [-0.25, -0.2) is 0 Å². The first-order chi connectivity index (χ1) is 21.6. The largest absolute Gasteiger partial charge is 0.337 e. The quantitative estimate of drug-likeness (QED) is 0.0395. The zero-order chi connectivity index (χ0) is 32.2. The van der Waals surface area contributed by atoms with Gasteiger partial charge in [-0.2, -0.15) is 0 Å². The van der Waals surface area contributed by atoms with Crippen LogP contribution in [0, 0.1) is 0 Å². The summed E-state index contributed by atoms with van der Waals surface area (Å²) >= 11 is 0. The van der Waals surface area contributed by atoms with E-state index in [0.717, 1.165) is 32.5 Å². The van der Waals surface area contributed by atoms with Gasteiger partial charge in [-0.3, -0.25) is 4.90 Å². The van der Waals surface area contributed by atoms with E-state index in [1.54, 1.807) is 0 Å². The number of ether oxygens (including phenoxy) is 2. The van der Waals surface area contributed by atoms with E-state index < -0.39 is 5.91 Å². The van der Waals surface area contributed by atoms with Crippen molar-refractivity contribution < 1.29 is 9.47 Å². The van der Waals surface area contributed by atoms with Crippen LogP contribution in [0.5, 0.6) is 0 Å². The van der Waals surface area contributed by atoms with Crippen molar-refractivity contribution in [2.75, 3.05) is 27.3 Å². The van der Waals surface area contributed by atoms with Gasteiger partial charge in [0, 0.05) is 6.42 Å². The van der Waals surface area contributed by atoms with Gasteiger partial charge < -0.3 is 9.47 Å². The molecule has 0 fully saturated rings. The lowest BCUT2D eigenvalue weighted by Crippen LogP contribution is -2.49. The molecule has 0 heterocycles. The molecule has 0 unspecified atom stereocenters. The molecule has 0 aliphatic carbocycles. The van der Waals surface area contributed by atoms with Crippen LogP contribution < -0.4 is 0 Å². The number of hydrogen-bond donors (Lipinski definition) is 0. The van der Waals surface area contributed by atoms with Gasteiger partial charge in [-0.05, 0) is 78.3 Å². The molecule has 0 rings (SSSR count). The third-order valence-electron chi connectivity index (χ3n) is 9.10. The van der Waals surface area contributed by atoms with Crippen molar-refractivity contribution in [2.45, 2.75) is 213 Å². The topological polar surface area (TPSA) is 21.7 Å². The van der Waals surface area contributed by atoms with Crippen LogP contribution in [0.4, 0.5) is 0 Å². The maximum Gasteiger partial charge on any atom is 0.229 e. The van der Waals surface area contributed by atoms with Gasteiger partial charge >= 0.3 is 0 Å². The second kappa shape index (κ2) is 35.2. The van der Waals surface area contributed by atoms with Gasteiger partial charge in [0.2, 0.25) is 5.91 Å². The maximum absolute atomic E-state index is 6.38. The highest BCUT2D eigenvalue weighted by molar-refractivity contribution is 4.82. The van der Waals surface area contributed by atoms with Gasteiger partial charge in [0.25, 0.3) is 0 Å². The van der Waals surface area contributed by atoms with E-state index in [-0.39, 0.29) is 0 Å². The van der Waals surface area contributed by atoms with E-state index in [0.29, 0.717) is 0 Å². The van der Waals surface area contributed by atoms with Crippen molar-refractivity contribution in [3.63, 3.8) is 0 Å². The highest BCUT2D eigenvalue weighted by Crippen LogP contribution is 2.23. The van der Waals surface area contributed by atoms with Crippen LogP contribution in [0.1, 0.15) is 207 Å². The van der Waals surface area contributed by atoms with Crippen LogP contribution in [0.3, 0.4) is 0 Å². The van der Waals surface area contributed by atoms with Crippen molar-refractivity contribution in [2.24, 2.45) is 0 Å². The van der Waals surface area contributed by atoms with Crippen LogP contribution >= 0.6 is 0 Å². The summed E-state index contributed by atoms with van der Waals surface area (Å²) in [7, 11) is 4.18. The zero-order valence-electron chi connectivity index (χ0n) is 31.0. The summed E-state index contributed by atoms with van der Waals surface area (Å²) in [6.07, 6.45) is 47.9. The Hall–Kier alpha value is -0.640. The Bertz CT molecular complexity index is 555. The summed E-state index contributed by atoms with van der Waals surface area (Å²) < 4.78 is 12.8. The molecule has 0 saturated heterocycles. The smallest absolute Gasteiger partial charge is 0.229 e. The molecule has 0 bridgehead atoms. The van der Waals surface area contributed by atoms with Crippen molar-refractivity contribution in [3.8, 4) is 0 Å². The maximum atomic E-state index is 6.38. The Morgan fingerprint density at radius 1 is 0.386 bits per heavy atom. The average Bonchev–Trinajstić information content (AvgIpc) is 3.02. The van der Waals surface area contributed by atoms with Gasteiger partial charge in [-0.15, -0.1) is 0 Å². The Morgan fingerprint density at radius 2 is 0.659 bits per heavy atom. The predicted octanol–water partition coefficient (Wildman–Crippen LogP) is 13.7. The van der Waals surface area contributed by atoms with Crippen molar-refractivity contribution >= 4 is 0 Å². The zero-order valence-corrected chi connectivity index (χ0v) is 31.0. The second-order valence-corrected chi connectivity index (χ2v) is 13.5. The standard InChI is InChI=1S/C41H81NO2/c1-6-9-11-13-15-17-19-21-23-25-27-29-31-33-35-37-39-43-41(8-3,42(4)5)44-40-38-36-34-32-30-28-26-24-22-20-18-16-14-12-10-7-2/h21-24H,6-20,25-40H2,1-5H3/b23-21-,24-22-. The van der Waals surface area contributed by atoms with Crippen LogP contribution in [-0.4, -0.2) is 38.1 Å². The summed E-state index contributed by atoms with van der Waals surface area (Å²) in [5.74, 6) is -0.566. The molecule has 0 atom stereocenters. The number of allylic oxidation sites excluding steroid dienone is 4. The van der Waals surface area contributed by atoms with Gasteiger partial charge in [-0.1, -0.05) is 161 Å². The van der Waals surface area contributed by atoms with Gasteiger partial charge in [0.05, 0.1) is 13.2 Å². The van der Waals surface area contributed by atoms with E-state index in [1.807, 2.05) is 0 Å². The van der Waals surface area contributed by atoms with Crippen LogP contribution in [-0.2, 0) is 9.47 Å². The lowest BCUT2D eigenvalue weighted by Gasteiger charge is -2.38. The molecule has 0 aromatic heterocycles. The summed E-state index contributed by atoms with van der Waals surface area (Å²) in [5, 5.41) is 0. The summed E-state index contributed by atoms with van der Waals surface area (Å²) in [6, 6.07) is 0. The first-order valence-corrected chi connectivity index (χ1v) is 19.9. The predicted molar refractivity (Wildman–Crippen MR) is 198 cm³/mol. The SMILES string of the molecule is CCCCCCCC/C=C\CCCCCCCCOC(CC)(OCCCCCCCC/C=C\CCCCCCCC)N(C)C. The van der Waals surface area contributed by atoms with Gasteiger partial charge in [0.15, 0.2) is 0 Å². The van der Waals surface area contributed by atoms with Crippen molar-refractivity contribution in [3.05, 3.63) is 24.3 Å². The van der Waals surface area contributed by atoms with E-state index in [2.05, 4.69) is 64.1 Å². The van der Waals surface area contributed by atoms with E-state index in [1.165, 1.54) is 167 Å². The average molecular weight is 620 g/mol. The molecule has 262 valence electrons. The molecular formula is C41H81NO2. The molecule has 0 spiro atoms. The van der Waals surface area contributed by atoms with E-state index in [4.69, 9.17) is 9.47 Å². The summed E-state index contributed by atoms with van der Waals surface area (Å²) in [4.78, 5) is 2.13. The Kier molecular flexibility index (Phi) is 34.7. The number of nitrogens with zero attached hydrogens (tertiary/aromatic N) is 1. The molecular weight excluding hydrogens is 538 g/mol. The van der Waals surface area contributed by atoms with Gasteiger partial charge in [0.1, 0.15) is 0 Å². The fourth-order valence-corrected chi connectivity index (χ4v) is 5.98. The number of unbranched alkanes of at least 4 members (excludes halogenated alkanes) is 24. The first kappa shape index (κ1) is 43.4. The van der Waals surface area contributed by atoms with Crippen LogP contribution in [0.15, 0.2) is 24.3 Å². The van der Waals surface area contributed by atoms with Crippen LogP contribution in [0.2, 0.25) is 0 Å². The van der Waals surface area contributed by atoms with Crippen molar-refractivity contribution in [1.82, 2.24) is 4.90 Å². The fourth-order valence-electron chi connectivity index (χ4n) is 5.98. The van der Waals surface area contributed by atoms with E-state index >= 15 is 0 Å². The molecule has 3 nitrogen and oxygen atoms in total. The Balaban J connectivity index is 3.70. The monoisotopic (exact) mass is 620 g/mol. The number of hydrogen-bond acceptors (Lipinski definition) is 3. The first-order valence-electron chi connectivity index (χ1n) is 19.9. The minimum atomic E-state index is -0.566. The third-order valence-corrected chi connectivity index (χ3v) is 9.10. The molecule has 0 aromatic rings. The fraction of sp³-hybridized carbons (Fsp3) is 0.902. The summed E-state index contributed by atoms with van der Waals surface area (Å²) in [5.41, 5.74) is 0. The lowest BCUT2D eigenvalue weighted by molar-refractivity contribution is -0.309. The highest BCUT2D eigenvalue weighted by Gasteiger charge is 2.32. The molecule has 0 amide bonds.